The number of nitrogens with zero attached hydrogens (tertiary/aromatic N) is 1. The largest absolute Gasteiger partial charge is 0.483 e. The highest BCUT2D eigenvalue weighted by Gasteiger charge is 2.29. The summed E-state index contributed by atoms with van der Waals surface area (Å²) in [5.74, 6) is 0.745. The second-order valence-corrected chi connectivity index (χ2v) is 6.17. The van der Waals surface area contributed by atoms with Crippen LogP contribution in [-0.2, 0) is 0 Å². The van der Waals surface area contributed by atoms with Crippen LogP contribution in [0.25, 0.3) is 0 Å². The fourth-order valence-electron chi connectivity index (χ4n) is 2.09. The third-order valence-electron chi connectivity index (χ3n) is 2.95. The number of hydrogen-bond acceptors (Lipinski definition) is 4. The average molecular weight is 326 g/mol. The van der Waals surface area contributed by atoms with Crippen LogP contribution in [0.4, 0.5) is 0 Å². The van der Waals surface area contributed by atoms with Crippen molar-refractivity contribution in [2.24, 2.45) is 0 Å². The summed E-state index contributed by atoms with van der Waals surface area (Å²) in [4.78, 5) is 4.43. The van der Waals surface area contributed by atoms with Crippen molar-refractivity contribution in [3.63, 3.8) is 0 Å². The molecule has 0 saturated heterocycles. The van der Waals surface area contributed by atoms with Crippen molar-refractivity contribution in [3.05, 3.63) is 44.3 Å². The van der Waals surface area contributed by atoms with Gasteiger partial charge in [0.05, 0.1) is 6.10 Å². The van der Waals surface area contributed by atoms with Gasteiger partial charge >= 0.3 is 0 Å². The smallest absolute Gasteiger partial charge is 0.153 e. The highest BCUT2D eigenvalue weighted by molar-refractivity contribution is 9.10. The zero-order valence-electron chi connectivity index (χ0n) is 9.76. The van der Waals surface area contributed by atoms with Crippen molar-refractivity contribution < 1.29 is 9.84 Å². The summed E-state index contributed by atoms with van der Waals surface area (Å²) < 4.78 is 6.88. The van der Waals surface area contributed by atoms with Gasteiger partial charge in [-0.1, -0.05) is 15.9 Å². The molecule has 1 N–H and O–H groups in total. The van der Waals surface area contributed by atoms with Gasteiger partial charge in [-0.2, -0.15) is 0 Å². The minimum atomic E-state index is -0.500. The molecule has 2 aromatic rings. The van der Waals surface area contributed by atoms with Gasteiger partial charge in [0.25, 0.3) is 0 Å². The first-order valence-corrected chi connectivity index (χ1v) is 7.37. The van der Waals surface area contributed by atoms with Crippen molar-refractivity contribution >= 4 is 27.3 Å². The molecule has 5 heteroatoms. The molecule has 94 valence electrons. The molecule has 0 saturated carbocycles. The van der Waals surface area contributed by atoms with Crippen molar-refractivity contribution in [2.75, 3.05) is 0 Å². The maximum atomic E-state index is 10.2. The van der Waals surface area contributed by atoms with Crippen molar-refractivity contribution in [3.8, 4) is 5.75 Å². The third kappa shape index (κ3) is 2.18. The van der Waals surface area contributed by atoms with Crippen LogP contribution in [0.2, 0.25) is 0 Å². The number of ether oxygens (including phenoxy) is 1. The summed E-state index contributed by atoms with van der Waals surface area (Å²) in [5, 5.41) is 13.1. The minimum Gasteiger partial charge on any atom is -0.483 e. The second-order valence-electron chi connectivity index (χ2n) is 4.37. The Morgan fingerprint density at radius 3 is 3.06 bits per heavy atom. The summed E-state index contributed by atoms with van der Waals surface area (Å²) in [6, 6.07) is 5.71. The number of aliphatic hydroxyl groups excluding tert-OH is 1. The zero-order chi connectivity index (χ0) is 12.7. The van der Waals surface area contributed by atoms with Gasteiger partial charge in [0, 0.05) is 27.5 Å². The van der Waals surface area contributed by atoms with E-state index in [2.05, 4.69) is 20.9 Å². The Morgan fingerprint density at radius 1 is 1.50 bits per heavy atom. The molecule has 3 rings (SSSR count). The Hall–Kier alpha value is -0.910. The number of aromatic nitrogens is 1. The molecule has 2 unspecified atom stereocenters. The first kappa shape index (κ1) is 12.1. The summed E-state index contributed by atoms with van der Waals surface area (Å²) in [6.45, 7) is 1.96. The van der Waals surface area contributed by atoms with Crippen LogP contribution in [0.1, 0.15) is 34.9 Å². The Kier molecular flexibility index (Phi) is 3.13. The van der Waals surface area contributed by atoms with Crippen LogP contribution in [0.3, 0.4) is 0 Å². The predicted octanol–water partition coefficient (Wildman–Crippen LogP) is 3.77. The minimum absolute atomic E-state index is 0.146. The fourth-order valence-corrected chi connectivity index (χ4v) is 3.31. The van der Waals surface area contributed by atoms with E-state index in [1.165, 1.54) is 0 Å². The lowest BCUT2D eigenvalue weighted by Gasteiger charge is -2.28. The number of aryl methyl sites for hydroxylation is 1. The topological polar surface area (TPSA) is 42.4 Å². The highest BCUT2D eigenvalue weighted by atomic mass is 79.9. The highest BCUT2D eigenvalue weighted by Crippen LogP contribution is 2.42. The Bertz CT molecular complexity index is 584. The molecular weight excluding hydrogens is 314 g/mol. The van der Waals surface area contributed by atoms with E-state index in [1.807, 2.05) is 30.5 Å². The standard InChI is InChI=1S/C13H12BrNO2S/c1-7-6-18-13(15-7)12-5-10(16)9-4-8(14)2-3-11(9)17-12/h2-4,6,10,12,16H,5H2,1H3. The molecule has 0 bridgehead atoms. The maximum absolute atomic E-state index is 10.2. The first-order valence-electron chi connectivity index (χ1n) is 5.69. The predicted molar refractivity (Wildman–Crippen MR) is 73.9 cm³/mol. The van der Waals surface area contributed by atoms with Crippen LogP contribution in [0.5, 0.6) is 5.75 Å². The molecule has 18 heavy (non-hydrogen) atoms. The molecule has 2 heterocycles. The number of halogens is 1. The van der Waals surface area contributed by atoms with Gasteiger partial charge in [0.1, 0.15) is 10.8 Å². The Balaban J connectivity index is 1.94. The number of aliphatic hydroxyl groups is 1. The average Bonchev–Trinajstić information content (AvgIpc) is 2.77. The van der Waals surface area contributed by atoms with E-state index in [1.54, 1.807) is 11.3 Å². The lowest BCUT2D eigenvalue weighted by Crippen LogP contribution is -2.18. The molecule has 0 spiro atoms. The summed E-state index contributed by atoms with van der Waals surface area (Å²) in [7, 11) is 0. The van der Waals surface area contributed by atoms with Gasteiger partial charge in [-0.25, -0.2) is 4.98 Å². The SMILES string of the molecule is Cc1csc(C2CC(O)c3cc(Br)ccc3O2)n1. The molecule has 1 aromatic carbocycles. The number of fused-ring (bicyclic) bond motifs is 1. The van der Waals surface area contributed by atoms with Gasteiger partial charge in [-0.15, -0.1) is 11.3 Å². The molecular formula is C13H12BrNO2S. The molecule has 0 radical (unpaired) electrons. The first-order chi connectivity index (χ1) is 8.63. The fraction of sp³-hybridized carbons (Fsp3) is 0.308. The normalized spacial score (nSPS) is 22.4. The molecule has 1 aliphatic heterocycles. The Labute approximate surface area is 118 Å². The van der Waals surface area contributed by atoms with E-state index in [0.29, 0.717) is 6.42 Å². The molecule has 0 amide bonds. The zero-order valence-corrected chi connectivity index (χ0v) is 12.2. The quantitative estimate of drug-likeness (QED) is 0.867. The number of rotatable bonds is 1. The second kappa shape index (κ2) is 4.64. The summed E-state index contributed by atoms with van der Waals surface area (Å²) in [6.07, 6.45) is -0.0935. The van der Waals surface area contributed by atoms with E-state index in [-0.39, 0.29) is 6.10 Å². The van der Waals surface area contributed by atoms with Crippen LogP contribution in [-0.4, -0.2) is 10.1 Å². The van der Waals surface area contributed by atoms with E-state index >= 15 is 0 Å². The molecule has 1 aromatic heterocycles. The van der Waals surface area contributed by atoms with E-state index in [0.717, 1.165) is 26.5 Å². The molecule has 1 aliphatic rings. The number of thiazole rings is 1. The van der Waals surface area contributed by atoms with Gasteiger partial charge in [-0.05, 0) is 25.1 Å². The third-order valence-corrected chi connectivity index (χ3v) is 4.50. The van der Waals surface area contributed by atoms with Gasteiger partial charge in [-0.3, -0.25) is 0 Å². The van der Waals surface area contributed by atoms with Crippen molar-refractivity contribution in [2.45, 2.75) is 25.6 Å². The number of hydrogen-bond donors (Lipinski definition) is 1. The monoisotopic (exact) mass is 325 g/mol. The maximum Gasteiger partial charge on any atom is 0.153 e. The van der Waals surface area contributed by atoms with Crippen LogP contribution in [0, 0.1) is 6.92 Å². The summed E-state index contributed by atoms with van der Waals surface area (Å²) in [5.41, 5.74) is 1.84. The molecule has 0 aliphatic carbocycles. The summed E-state index contributed by atoms with van der Waals surface area (Å²) >= 11 is 4.98. The Morgan fingerprint density at radius 2 is 2.33 bits per heavy atom. The molecule has 2 atom stereocenters. The van der Waals surface area contributed by atoms with Crippen LogP contribution < -0.4 is 4.74 Å². The van der Waals surface area contributed by atoms with Gasteiger partial charge in [0.15, 0.2) is 6.10 Å². The van der Waals surface area contributed by atoms with Crippen LogP contribution >= 0.6 is 27.3 Å². The number of benzene rings is 1. The van der Waals surface area contributed by atoms with E-state index in [4.69, 9.17) is 4.74 Å². The van der Waals surface area contributed by atoms with Crippen molar-refractivity contribution in [1.82, 2.24) is 4.98 Å². The van der Waals surface area contributed by atoms with E-state index < -0.39 is 6.10 Å². The molecule has 3 nitrogen and oxygen atoms in total. The van der Waals surface area contributed by atoms with Crippen molar-refractivity contribution in [1.29, 1.82) is 0 Å². The van der Waals surface area contributed by atoms with Crippen LogP contribution in [0.15, 0.2) is 28.1 Å². The van der Waals surface area contributed by atoms with E-state index in [9.17, 15) is 5.11 Å². The lowest BCUT2D eigenvalue weighted by molar-refractivity contribution is 0.0655. The van der Waals surface area contributed by atoms with Gasteiger partial charge in [0.2, 0.25) is 0 Å². The molecule has 0 fully saturated rings. The van der Waals surface area contributed by atoms with Gasteiger partial charge < -0.3 is 9.84 Å². The lowest BCUT2D eigenvalue weighted by atomic mass is 9.99.